The number of benzene rings is 2. The normalized spacial score (nSPS) is 14.3. The fourth-order valence-electron chi connectivity index (χ4n) is 3.30. The Labute approximate surface area is 192 Å². The molecule has 0 aromatic heterocycles. The van der Waals surface area contributed by atoms with Crippen molar-refractivity contribution in [1.29, 1.82) is 0 Å². The molecule has 0 aliphatic carbocycles. The van der Waals surface area contributed by atoms with Crippen LogP contribution in [0.1, 0.15) is 22.3 Å². The molecule has 0 atom stereocenters. The standard InChI is InChI=1S/C25H26N2O6/c1-5-6-19-11-18(12-20-24(29)27(25(30)26-20)14-22(28)32-4)13-21(31-3)23(19)33-15-17-9-7-16(2)8-10-17/h5,7-13H,1,6,14-15H2,2-4H3,(H,26,30)/b20-12+. The van der Waals surface area contributed by atoms with E-state index in [-0.39, 0.29) is 5.70 Å². The molecule has 8 heteroatoms. The minimum atomic E-state index is -0.690. The molecule has 0 saturated carbocycles. The highest BCUT2D eigenvalue weighted by Crippen LogP contribution is 2.35. The van der Waals surface area contributed by atoms with Crippen LogP contribution >= 0.6 is 0 Å². The lowest BCUT2D eigenvalue weighted by Crippen LogP contribution is -2.36. The molecule has 1 aliphatic heterocycles. The Morgan fingerprint density at radius 2 is 1.88 bits per heavy atom. The molecule has 2 aromatic rings. The van der Waals surface area contributed by atoms with Crippen LogP contribution in [0.2, 0.25) is 0 Å². The van der Waals surface area contributed by atoms with E-state index >= 15 is 0 Å². The van der Waals surface area contributed by atoms with Crippen LogP contribution < -0.4 is 14.8 Å². The smallest absolute Gasteiger partial charge is 0.329 e. The average Bonchev–Trinajstić information content (AvgIpc) is 3.06. The number of nitrogens with zero attached hydrogens (tertiary/aromatic N) is 1. The molecule has 1 aliphatic rings. The highest BCUT2D eigenvalue weighted by molar-refractivity contribution is 6.15. The number of urea groups is 1. The van der Waals surface area contributed by atoms with Crippen LogP contribution in [0, 0.1) is 6.92 Å². The lowest BCUT2D eigenvalue weighted by atomic mass is 10.0. The van der Waals surface area contributed by atoms with E-state index in [0.29, 0.717) is 30.1 Å². The van der Waals surface area contributed by atoms with Gasteiger partial charge in [0, 0.05) is 5.56 Å². The Balaban J connectivity index is 1.89. The topological polar surface area (TPSA) is 94.2 Å². The van der Waals surface area contributed by atoms with Crippen LogP contribution in [0.15, 0.2) is 54.8 Å². The summed E-state index contributed by atoms with van der Waals surface area (Å²) < 4.78 is 16.2. The second-order valence-electron chi connectivity index (χ2n) is 7.43. The van der Waals surface area contributed by atoms with Gasteiger partial charge >= 0.3 is 12.0 Å². The molecule has 0 radical (unpaired) electrons. The number of amides is 3. The summed E-state index contributed by atoms with van der Waals surface area (Å²) in [6.07, 6.45) is 3.77. The summed E-state index contributed by atoms with van der Waals surface area (Å²) in [7, 11) is 2.72. The van der Waals surface area contributed by atoms with Crippen molar-refractivity contribution >= 4 is 24.0 Å². The molecule has 0 spiro atoms. The third-order valence-electron chi connectivity index (χ3n) is 5.03. The van der Waals surface area contributed by atoms with Crippen molar-refractivity contribution < 1.29 is 28.6 Å². The zero-order valence-electron chi connectivity index (χ0n) is 18.8. The highest BCUT2D eigenvalue weighted by Gasteiger charge is 2.35. The van der Waals surface area contributed by atoms with E-state index in [0.717, 1.165) is 16.0 Å². The van der Waals surface area contributed by atoms with Gasteiger partial charge in [-0.1, -0.05) is 35.9 Å². The van der Waals surface area contributed by atoms with Gasteiger partial charge in [0.15, 0.2) is 11.5 Å². The van der Waals surface area contributed by atoms with Gasteiger partial charge in [0.1, 0.15) is 18.8 Å². The van der Waals surface area contributed by atoms with Crippen molar-refractivity contribution in [2.45, 2.75) is 20.0 Å². The molecule has 1 heterocycles. The van der Waals surface area contributed by atoms with E-state index in [1.165, 1.54) is 25.9 Å². The van der Waals surface area contributed by atoms with Crippen LogP contribution in [-0.4, -0.2) is 43.6 Å². The van der Waals surface area contributed by atoms with E-state index in [1.54, 1.807) is 12.1 Å². The number of hydrogen-bond donors (Lipinski definition) is 1. The molecular weight excluding hydrogens is 424 g/mol. The van der Waals surface area contributed by atoms with E-state index in [2.05, 4.69) is 16.6 Å². The quantitative estimate of drug-likeness (QED) is 0.272. The Morgan fingerprint density at radius 3 is 2.52 bits per heavy atom. The number of carbonyl (C=O) groups excluding carboxylic acids is 3. The Kier molecular flexibility index (Phi) is 7.50. The molecule has 33 heavy (non-hydrogen) atoms. The first-order chi connectivity index (χ1) is 15.9. The number of esters is 1. The summed E-state index contributed by atoms with van der Waals surface area (Å²) in [4.78, 5) is 37.0. The first kappa shape index (κ1) is 23.6. The van der Waals surface area contributed by atoms with Gasteiger partial charge in [0.25, 0.3) is 5.91 Å². The van der Waals surface area contributed by atoms with Gasteiger partial charge in [-0.15, -0.1) is 6.58 Å². The fourth-order valence-corrected chi connectivity index (χ4v) is 3.30. The summed E-state index contributed by atoms with van der Waals surface area (Å²) in [5.74, 6) is -0.246. The number of hydrogen-bond acceptors (Lipinski definition) is 6. The van der Waals surface area contributed by atoms with Crippen molar-refractivity contribution in [2.75, 3.05) is 20.8 Å². The molecule has 1 fully saturated rings. The molecule has 1 saturated heterocycles. The van der Waals surface area contributed by atoms with Crippen LogP contribution in [0.5, 0.6) is 11.5 Å². The summed E-state index contributed by atoms with van der Waals surface area (Å²) >= 11 is 0. The van der Waals surface area contributed by atoms with Gasteiger partial charge in [-0.25, -0.2) is 9.69 Å². The van der Waals surface area contributed by atoms with Gasteiger partial charge in [-0.05, 0) is 42.7 Å². The Morgan fingerprint density at radius 1 is 1.15 bits per heavy atom. The summed E-state index contributed by atoms with van der Waals surface area (Å²) in [5, 5.41) is 2.48. The van der Waals surface area contributed by atoms with Gasteiger partial charge in [-0.3, -0.25) is 9.59 Å². The lowest BCUT2D eigenvalue weighted by Gasteiger charge is -2.16. The van der Waals surface area contributed by atoms with Crippen molar-refractivity contribution in [3.8, 4) is 11.5 Å². The summed E-state index contributed by atoms with van der Waals surface area (Å²) in [6, 6.07) is 10.9. The predicted octanol–water partition coefficient (Wildman–Crippen LogP) is 3.38. The first-order valence-corrected chi connectivity index (χ1v) is 10.3. The zero-order chi connectivity index (χ0) is 24.0. The Hall–Kier alpha value is -4.07. The number of nitrogens with one attached hydrogen (secondary N) is 1. The highest BCUT2D eigenvalue weighted by atomic mass is 16.5. The average molecular weight is 450 g/mol. The third kappa shape index (κ3) is 5.60. The van der Waals surface area contributed by atoms with Crippen molar-refractivity contribution in [3.05, 3.63) is 77.0 Å². The maximum Gasteiger partial charge on any atom is 0.329 e. The molecule has 1 N–H and O–H groups in total. The number of aryl methyl sites for hydroxylation is 1. The number of methoxy groups -OCH3 is 2. The lowest BCUT2D eigenvalue weighted by molar-refractivity contribution is -0.143. The summed E-state index contributed by atoms with van der Waals surface area (Å²) in [6.45, 7) is 5.73. The van der Waals surface area contributed by atoms with Crippen molar-refractivity contribution in [1.82, 2.24) is 10.2 Å². The minimum Gasteiger partial charge on any atom is -0.493 e. The second kappa shape index (κ2) is 10.5. The number of imide groups is 1. The van der Waals surface area contributed by atoms with Gasteiger partial charge in [-0.2, -0.15) is 0 Å². The summed E-state index contributed by atoms with van der Waals surface area (Å²) in [5.41, 5.74) is 3.66. The first-order valence-electron chi connectivity index (χ1n) is 10.3. The monoisotopic (exact) mass is 450 g/mol. The van der Waals surface area contributed by atoms with Gasteiger partial charge in [0.2, 0.25) is 0 Å². The maximum atomic E-state index is 12.6. The van der Waals surface area contributed by atoms with Crippen LogP contribution in [-0.2, 0) is 27.4 Å². The van der Waals surface area contributed by atoms with Crippen LogP contribution in [0.3, 0.4) is 0 Å². The van der Waals surface area contributed by atoms with Gasteiger partial charge < -0.3 is 19.5 Å². The van der Waals surface area contributed by atoms with Crippen molar-refractivity contribution in [3.63, 3.8) is 0 Å². The largest absolute Gasteiger partial charge is 0.493 e. The van der Waals surface area contributed by atoms with E-state index < -0.39 is 24.5 Å². The number of rotatable bonds is 9. The van der Waals surface area contributed by atoms with E-state index in [9.17, 15) is 14.4 Å². The van der Waals surface area contributed by atoms with Crippen LogP contribution in [0.4, 0.5) is 4.79 Å². The third-order valence-corrected chi connectivity index (χ3v) is 5.03. The number of ether oxygens (including phenoxy) is 3. The number of carbonyl (C=O) groups is 3. The molecule has 0 unspecified atom stereocenters. The van der Waals surface area contributed by atoms with Crippen LogP contribution in [0.25, 0.3) is 6.08 Å². The molecule has 172 valence electrons. The Bertz CT molecular complexity index is 1100. The SMILES string of the molecule is C=CCc1cc(/C=C2/NC(=O)N(CC(=O)OC)C2=O)cc(OC)c1OCc1ccc(C)cc1. The molecule has 3 amide bonds. The molecule has 0 bridgehead atoms. The predicted molar refractivity (Wildman–Crippen MR) is 123 cm³/mol. The fraction of sp³-hybridized carbons (Fsp3) is 0.240. The molecule has 8 nitrogen and oxygen atoms in total. The van der Waals surface area contributed by atoms with E-state index in [1.807, 2.05) is 37.3 Å². The molecule has 3 rings (SSSR count). The second-order valence-corrected chi connectivity index (χ2v) is 7.43. The zero-order valence-corrected chi connectivity index (χ0v) is 18.8. The number of allylic oxidation sites excluding steroid dienone is 1. The van der Waals surface area contributed by atoms with Gasteiger partial charge in [0.05, 0.1) is 14.2 Å². The van der Waals surface area contributed by atoms with Crippen molar-refractivity contribution in [2.24, 2.45) is 0 Å². The molecular formula is C25H26N2O6. The molecule has 2 aromatic carbocycles. The minimum absolute atomic E-state index is 0.0452. The maximum absolute atomic E-state index is 12.6. The van der Waals surface area contributed by atoms with E-state index in [4.69, 9.17) is 9.47 Å².